The second kappa shape index (κ2) is 5.91. The summed E-state index contributed by atoms with van der Waals surface area (Å²) >= 11 is 0. The normalized spacial score (nSPS) is 27.7. The summed E-state index contributed by atoms with van der Waals surface area (Å²) in [5.41, 5.74) is 0. The van der Waals surface area contributed by atoms with Crippen molar-refractivity contribution in [2.75, 3.05) is 6.54 Å². The second-order valence-electron chi connectivity index (χ2n) is 7.25. The highest BCUT2D eigenvalue weighted by atomic mass is 16.4. The van der Waals surface area contributed by atoms with E-state index in [1.165, 1.54) is 12.8 Å². The van der Waals surface area contributed by atoms with Gasteiger partial charge in [-0.3, -0.25) is 4.90 Å². The molecule has 1 saturated carbocycles. The van der Waals surface area contributed by atoms with Crippen LogP contribution < -0.4 is 0 Å². The molecule has 1 aromatic rings. The third kappa shape index (κ3) is 3.20. The molecule has 4 heteroatoms. The number of hydrogen-bond acceptors (Lipinski definition) is 4. The first-order valence-corrected chi connectivity index (χ1v) is 8.27. The molecule has 0 spiro atoms. The molecule has 3 atom stereocenters. The zero-order valence-corrected chi connectivity index (χ0v) is 13.6. The van der Waals surface area contributed by atoms with Crippen LogP contribution in [-0.2, 0) is 6.54 Å². The van der Waals surface area contributed by atoms with Crippen molar-refractivity contribution in [1.82, 2.24) is 15.1 Å². The summed E-state index contributed by atoms with van der Waals surface area (Å²) in [4.78, 5) is 2.48. The Morgan fingerprint density at radius 1 is 1.19 bits per heavy atom. The molecule has 0 saturated heterocycles. The van der Waals surface area contributed by atoms with Gasteiger partial charge in [-0.05, 0) is 44.4 Å². The summed E-state index contributed by atoms with van der Waals surface area (Å²) in [5, 5.41) is 8.35. The molecule has 0 amide bonds. The van der Waals surface area contributed by atoms with E-state index in [1.807, 2.05) is 0 Å². The minimum atomic E-state index is 0.300. The molecule has 1 heterocycles. The van der Waals surface area contributed by atoms with Gasteiger partial charge in [0.2, 0.25) is 11.8 Å². The van der Waals surface area contributed by atoms with Gasteiger partial charge in [0.05, 0.1) is 6.54 Å². The zero-order valence-electron chi connectivity index (χ0n) is 13.6. The lowest BCUT2D eigenvalue weighted by Gasteiger charge is -2.30. The monoisotopic (exact) mass is 289 g/mol. The van der Waals surface area contributed by atoms with E-state index in [0.29, 0.717) is 12.0 Å². The quantitative estimate of drug-likeness (QED) is 0.750. The maximum absolute atomic E-state index is 5.77. The fourth-order valence-electron chi connectivity index (χ4n) is 3.60. The van der Waals surface area contributed by atoms with Crippen molar-refractivity contribution < 1.29 is 4.42 Å². The third-order valence-electron chi connectivity index (χ3n) is 4.93. The first-order valence-electron chi connectivity index (χ1n) is 8.27. The Balaban J connectivity index is 1.63. The van der Waals surface area contributed by atoms with E-state index in [-0.39, 0.29) is 0 Å². The van der Waals surface area contributed by atoms with Crippen LogP contribution in [0.2, 0.25) is 0 Å². The van der Waals surface area contributed by atoms with Crippen molar-refractivity contribution >= 4 is 0 Å². The van der Waals surface area contributed by atoms with Crippen molar-refractivity contribution in [3.05, 3.63) is 23.9 Å². The lowest BCUT2D eigenvalue weighted by atomic mass is 9.92. The lowest BCUT2D eigenvalue weighted by molar-refractivity contribution is 0.152. The number of hydrogen-bond donors (Lipinski definition) is 0. The average molecular weight is 289 g/mol. The Morgan fingerprint density at radius 3 is 2.52 bits per heavy atom. The summed E-state index contributed by atoms with van der Waals surface area (Å²) in [7, 11) is 0. The van der Waals surface area contributed by atoms with Gasteiger partial charge in [0, 0.05) is 18.5 Å². The van der Waals surface area contributed by atoms with E-state index in [4.69, 9.17) is 4.42 Å². The molecule has 2 aliphatic carbocycles. The van der Waals surface area contributed by atoms with Crippen LogP contribution in [0.3, 0.4) is 0 Å². The average Bonchev–Trinajstić information content (AvgIpc) is 3.13. The number of allylic oxidation sites excluding steroid dienone is 2. The van der Waals surface area contributed by atoms with Crippen molar-refractivity contribution in [1.29, 1.82) is 0 Å². The van der Waals surface area contributed by atoms with Crippen LogP contribution in [0.25, 0.3) is 0 Å². The van der Waals surface area contributed by atoms with Crippen LogP contribution in [0.1, 0.15) is 58.2 Å². The standard InChI is InChI=1S/C17H27N3O/c1-11(2)17-19-18-16(21-17)10-20(12(3)4)9-15-8-13-5-6-14(15)7-13/h5-6,11-15H,7-10H2,1-4H3/t13-,14-,15+/m0/s1. The highest BCUT2D eigenvalue weighted by Gasteiger charge is 2.36. The maximum Gasteiger partial charge on any atom is 0.230 e. The molecule has 0 aromatic carbocycles. The van der Waals surface area contributed by atoms with E-state index in [9.17, 15) is 0 Å². The number of aromatic nitrogens is 2. The topological polar surface area (TPSA) is 42.2 Å². The Kier molecular flexibility index (Phi) is 4.16. The Labute approximate surface area is 127 Å². The van der Waals surface area contributed by atoms with E-state index in [2.05, 4.69) is 54.9 Å². The lowest BCUT2D eigenvalue weighted by Crippen LogP contribution is -2.36. The minimum absolute atomic E-state index is 0.300. The van der Waals surface area contributed by atoms with Gasteiger partial charge in [-0.15, -0.1) is 10.2 Å². The summed E-state index contributed by atoms with van der Waals surface area (Å²) in [6.45, 7) is 10.6. The van der Waals surface area contributed by atoms with Gasteiger partial charge in [-0.2, -0.15) is 0 Å². The molecule has 0 aliphatic heterocycles. The largest absolute Gasteiger partial charge is 0.424 e. The van der Waals surface area contributed by atoms with Gasteiger partial charge >= 0.3 is 0 Å². The second-order valence-corrected chi connectivity index (χ2v) is 7.25. The predicted molar refractivity (Wildman–Crippen MR) is 82.8 cm³/mol. The van der Waals surface area contributed by atoms with Gasteiger partial charge in [0.25, 0.3) is 0 Å². The molecule has 0 radical (unpaired) electrons. The van der Waals surface area contributed by atoms with Gasteiger partial charge in [-0.25, -0.2) is 0 Å². The molecule has 1 fully saturated rings. The highest BCUT2D eigenvalue weighted by Crippen LogP contribution is 2.43. The molecule has 0 unspecified atom stereocenters. The molecule has 3 rings (SSSR count). The molecular formula is C17H27N3O. The molecule has 21 heavy (non-hydrogen) atoms. The van der Waals surface area contributed by atoms with Crippen molar-refractivity contribution in [3.8, 4) is 0 Å². The SMILES string of the molecule is CC(C)c1nnc(CN(C[C@H]2C[C@H]3C=C[C@H]2C3)C(C)C)o1. The summed E-state index contributed by atoms with van der Waals surface area (Å²) in [6.07, 6.45) is 7.56. The Morgan fingerprint density at radius 2 is 2.00 bits per heavy atom. The van der Waals surface area contributed by atoms with Gasteiger partial charge in [0.1, 0.15) is 0 Å². The fraction of sp³-hybridized carbons (Fsp3) is 0.765. The molecule has 4 nitrogen and oxygen atoms in total. The Bertz CT molecular complexity index is 506. The van der Waals surface area contributed by atoms with Crippen LogP contribution in [0, 0.1) is 17.8 Å². The number of fused-ring (bicyclic) bond motifs is 2. The Hall–Kier alpha value is -1.16. The molecule has 116 valence electrons. The summed E-state index contributed by atoms with van der Waals surface area (Å²) in [6, 6.07) is 0.502. The van der Waals surface area contributed by atoms with E-state index < -0.39 is 0 Å². The highest BCUT2D eigenvalue weighted by molar-refractivity contribution is 5.10. The van der Waals surface area contributed by atoms with Crippen molar-refractivity contribution in [3.63, 3.8) is 0 Å². The molecule has 0 N–H and O–H groups in total. The zero-order chi connectivity index (χ0) is 15.0. The van der Waals surface area contributed by atoms with Gasteiger partial charge < -0.3 is 4.42 Å². The van der Waals surface area contributed by atoms with Crippen molar-refractivity contribution in [2.45, 2.75) is 59.0 Å². The van der Waals surface area contributed by atoms with E-state index >= 15 is 0 Å². The van der Waals surface area contributed by atoms with E-state index in [1.54, 1.807) is 0 Å². The predicted octanol–water partition coefficient (Wildman–Crippen LogP) is 3.62. The molecule has 2 bridgehead atoms. The maximum atomic E-state index is 5.77. The minimum Gasteiger partial charge on any atom is -0.424 e. The third-order valence-corrected chi connectivity index (χ3v) is 4.93. The van der Waals surface area contributed by atoms with Crippen LogP contribution in [0.4, 0.5) is 0 Å². The van der Waals surface area contributed by atoms with Crippen molar-refractivity contribution in [2.24, 2.45) is 17.8 Å². The first-order chi connectivity index (χ1) is 10.0. The molecule has 1 aromatic heterocycles. The van der Waals surface area contributed by atoms with Gasteiger partial charge in [0.15, 0.2) is 0 Å². The summed E-state index contributed by atoms with van der Waals surface area (Å²) in [5.74, 6) is 4.24. The molecule has 2 aliphatic rings. The number of nitrogens with zero attached hydrogens (tertiary/aromatic N) is 3. The van der Waals surface area contributed by atoms with E-state index in [0.717, 1.165) is 42.6 Å². The first kappa shape index (κ1) is 14.8. The van der Waals surface area contributed by atoms with Gasteiger partial charge in [-0.1, -0.05) is 26.0 Å². The smallest absolute Gasteiger partial charge is 0.230 e. The van der Waals surface area contributed by atoms with Crippen LogP contribution in [-0.4, -0.2) is 27.7 Å². The van der Waals surface area contributed by atoms with Crippen LogP contribution in [0.15, 0.2) is 16.6 Å². The summed E-state index contributed by atoms with van der Waals surface area (Å²) < 4.78 is 5.77. The molecular weight excluding hydrogens is 262 g/mol. The van der Waals surface area contributed by atoms with Crippen LogP contribution >= 0.6 is 0 Å². The van der Waals surface area contributed by atoms with Crippen LogP contribution in [0.5, 0.6) is 0 Å². The fourth-order valence-corrected chi connectivity index (χ4v) is 3.60. The number of rotatable bonds is 6.